The van der Waals surface area contributed by atoms with E-state index in [1.165, 1.54) is 32.5 Å². The second-order valence-corrected chi connectivity index (χ2v) is 8.88. The van der Waals surface area contributed by atoms with Crippen LogP contribution in [0, 0.1) is 6.92 Å². The van der Waals surface area contributed by atoms with Crippen molar-refractivity contribution in [1.29, 1.82) is 0 Å². The highest BCUT2D eigenvalue weighted by Crippen LogP contribution is 2.23. The van der Waals surface area contributed by atoms with Crippen LogP contribution in [0.1, 0.15) is 11.1 Å². The van der Waals surface area contributed by atoms with Gasteiger partial charge in [-0.25, -0.2) is 13.8 Å². The van der Waals surface area contributed by atoms with E-state index in [2.05, 4.69) is 10.5 Å². The smallest absolute Gasteiger partial charge is 0.255 e. The number of carbonyl (C=O) groups is 1. The maximum atomic E-state index is 12.6. The van der Waals surface area contributed by atoms with Crippen molar-refractivity contribution in [2.24, 2.45) is 5.10 Å². The van der Waals surface area contributed by atoms with Gasteiger partial charge in [-0.1, -0.05) is 12.1 Å². The Kier molecular flexibility index (Phi) is 7.61. The van der Waals surface area contributed by atoms with Crippen molar-refractivity contribution >= 4 is 33.9 Å². The van der Waals surface area contributed by atoms with E-state index in [0.29, 0.717) is 11.3 Å². The zero-order valence-electron chi connectivity index (χ0n) is 16.2. The molecule has 0 fully saturated rings. The van der Waals surface area contributed by atoms with E-state index in [1.54, 1.807) is 24.8 Å². The van der Waals surface area contributed by atoms with Crippen LogP contribution >= 0.6 is 11.8 Å². The summed E-state index contributed by atoms with van der Waals surface area (Å²) in [7, 11) is -0.939. The van der Waals surface area contributed by atoms with Crippen LogP contribution < -0.4 is 10.2 Å². The molecule has 0 atom stereocenters. The Hall–Kier alpha value is -2.36. The first-order valence-electron chi connectivity index (χ1n) is 8.35. The maximum absolute atomic E-state index is 12.6. The van der Waals surface area contributed by atoms with Gasteiger partial charge >= 0.3 is 0 Å². The molecular weight excluding hydrogens is 398 g/mol. The molecule has 0 aliphatic heterocycles. The van der Waals surface area contributed by atoms with Gasteiger partial charge < -0.3 is 4.74 Å². The van der Waals surface area contributed by atoms with Crippen LogP contribution in [0.5, 0.6) is 5.75 Å². The average molecular weight is 422 g/mol. The minimum Gasteiger partial charge on any atom is -0.496 e. The lowest BCUT2D eigenvalue weighted by Crippen LogP contribution is -2.36. The third-order valence-electron chi connectivity index (χ3n) is 3.96. The maximum Gasteiger partial charge on any atom is 0.255 e. The fourth-order valence-electron chi connectivity index (χ4n) is 2.38. The Morgan fingerprint density at radius 2 is 1.93 bits per heavy atom. The Morgan fingerprint density at radius 3 is 2.50 bits per heavy atom. The molecule has 0 saturated carbocycles. The van der Waals surface area contributed by atoms with Crippen molar-refractivity contribution in [1.82, 2.24) is 9.73 Å². The van der Waals surface area contributed by atoms with Crippen LogP contribution in [0.4, 0.5) is 0 Å². The lowest BCUT2D eigenvalue weighted by Gasteiger charge is -2.17. The van der Waals surface area contributed by atoms with E-state index in [9.17, 15) is 13.2 Å². The summed E-state index contributed by atoms with van der Waals surface area (Å²) in [6, 6.07) is 12.2. The number of nitrogens with zero attached hydrogens (tertiary/aromatic N) is 2. The van der Waals surface area contributed by atoms with Crippen molar-refractivity contribution in [2.75, 3.05) is 27.0 Å². The molecule has 0 aliphatic carbocycles. The standard InChI is InChI=1S/C19H23N3O4S2/c1-14-11-17(9-10-18(14)26-3)28(24,25)22(2)13-19(23)21-20-12-15-5-7-16(27-4)8-6-15/h5-12H,13H2,1-4H3,(H,21,23). The average Bonchev–Trinajstić information content (AvgIpc) is 2.68. The van der Waals surface area contributed by atoms with Gasteiger partial charge in [-0.3, -0.25) is 4.79 Å². The summed E-state index contributed by atoms with van der Waals surface area (Å²) in [5.41, 5.74) is 3.86. The van der Waals surface area contributed by atoms with E-state index in [1.807, 2.05) is 30.5 Å². The van der Waals surface area contributed by atoms with Gasteiger partial charge in [0.25, 0.3) is 5.91 Å². The number of hydrogen-bond donors (Lipinski definition) is 1. The summed E-state index contributed by atoms with van der Waals surface area (Å²) in [6.07, 6.45) is 3.49. The molecule has 0 spiro atoms. The quantitative estimate of drug-likeness (QED) is 0.402. The molecule has 1 amide bonds. The Bertz CT molecular complexity index is 958. The van der Waals surface area contributed by atoms with E-state index in [0.717, 1.165) is 14.8 Å². The molecule has 2 aromatic rings. The number of rotatable bonds is 8. The Labute approximate surface area is 169 Å². The number of ether oxygens (including phenoxy) is 1. The minimum absolute atomic E-state index is 0.0958. The molecule has 2 aromatic carbocycles. The highest BCUT2D eigenvalue weighted by Gasteiger charge is 2.23. The summed E-state index contributed by atoms with van der Waals surface area (Å²) < 4.78 is 31.4. The van der Waals surface area contributed by atoms with Gasteiger partial charge in [0.2, 0.25) is 10.0 Å². The molecule has 0 heterocycles. The number of aryl methyl sites for hydroxylation is 1. The van der Waals surface area contributed by atoms with E-state index < -0.39 is 15.9 Å². The summed E-state index contributed by atoms with van der Waals surface area (Å²) in [5.74, 6) is 0.0625. The molecule has 0 bridgehead atoms. The number of likely N-dealkylation sites (N-methyl/N-ethyl adjacent to an activating group) is 1. The molecule has 28 heavy (non-hydrogen) atoms. The highest BCUT2D eigenvalue weighted by atomic mass is 32.2. The number of nitrogens with one attached hydrogen (secondary N) is 1. The molecule has 0 unspecified atom stereocenters. The van der Waals surface area contributed by atoms with Crippen LogP contribution in [-0.2, 0) is 14.8 Å². The van der Waals surface area contributed by atoms with E-state index >= 15 is 0 Å². The lowest BCUT2D eigenvalue weighted by molar-refractivity contribution is -0.121. The Morgan fingerprint density at radius 1 is 1.25 bits per heavy atom. The van der Waals surface area contributed by atoms with Crippen molar-refractivity contribution in [3.63, 3.8) is 0 Å². The normalized spacial score (nSPS) is 11.8. The molecule has 150 valence electrons. The number of hydrazone groups is 1. The first kappa shape index (κ1) is 21.9. The third-order valence-corrected chi connectivity index (χ3v) is 6.50. The summed E-state index contributed by atoms with van der Waals surface area (Å²) in [5, 5.41) is 3.87. The second-order valence-electron chi connectivity index (χ2n) is 5.96. The number of carbonyl (C=O) groups excluding carboxylic acids is 1. The van der Waals surface area contributed by atoms with Gasteiger partial charge in [-0.15, -0.1) is 11.8 Å². The second kappa shape index (κ2) is 9.72. The molecule has 7 nitrogen and oxygen atoms in total. The molecule has 1 N–H and O–H groups in total. The molecular formula is C19H23N3O4S2. The van der Waals surface area contributed by atoms with Crippen LogP contribution in [0.3, 0.4) is 0 Å². The van der Waals surface area contributed by atoms with Crippen LogP contribution in [0.15, 0.2) is 57.4 Å². The molecule has 0 aliphatic rings. The number of amides is 1. The number of benzene rings is 2. The predicted molar refractivity (Wildman–Crippen MR) is 112 cm³/mol. The minimum atomic E-state index is -3.80. The monoisotopic (exact) mass is 421 g/mol. The van der Waals surface area contributed by atoms with E-state index in [4.69, 9.17) is 4.74 Å². The summed E-state index contributed by atoms with van der Waals surface area (Å²) >= 11 is 1.63. The summed E-state index contributed by atoms with van der Waals surface area (Å²) in [6.45, 7) is 1.40. The number of sulfonamides is 1. The van der Waals surface area contributed by atoms with Gasteiger partial charge in [-0.2, -0.15) is 9.41 Å². The first-order valence-corrected chi connectivity index (χ1v) is 11.0. The topological polar surface area (TPSA) is 88.1 Å². The molecule has 0 aromatic heterocycles. The zero-order chi connectivity index (χ0) is 20.7. The molecule has 9 heteroatoms. The fraction of sp³-hybridized carbons (Fsp3) is 0.263. The molecule has 0 saturated heterocycles. The fourth-order valence-corrected chi connectivity index (χ4v) is 4.00. The summed E-state index contributed by atoms with van der Waals surface area (Å²) in [4.78, 5) is 13.3. The van der Waals surface area contributed by atoms with Gasteiger partial charge in [0.1, 0.15) is 5.75 Å². The predicted octanol–water partition coefficient (Wildman–Crippen LogP) is 2.50. The van der Waals surface area contributed by atoms with Gasteiger partial charge in [0.15, 0.2) is 0 Å². The van der Waals surface area contributed by atoms with Crippen LogP contribution in [-0.4, -0.2) is 51.8 Å². The van der Waals surface area contributed by atoms with Gasteiger partial charge in [-0.05, 0) is 54.6 Å². The third kappa shape index (κ3) is 5.57. The molecule has 2 rings (SSSR count). The first-order chi connectivity index (χ1) is 13.3. The van der Waals surface area contributed by atoms with Crippen LogP contribution in [0.25, 0.3) is 0 Å². The molecule has 0 radical (unpaired) electrons. The highest BCUT2D eigenvalue weighted by molar-refractivity contribution is 7.98. The number of thioether (sulfide) groups is 1. The van der Waals surface area contributed by atoms with Crippen LogP contribution in [0.2, 0.25) is 0 Å². The van der Waals surface area contributed by atoms with Crippen molar-refractivity contribution < 1.29 is 17.9 Å². The van der Waals surface area contributed by atoms with Crippen molar-refractivity contribution in [3.05, 3.63) is 53.6 Å². The van der Waals surface area contributed by atoms with Crippen molar-refractivity contribution in [3.8, 4) is 5.75 Å². The van der Waals surface area contributed by atoms with Gasteiger partial charge in [0, 0.05) is 11.9 Å². The van der Waals surface area contributed by atoms with Crippen molar-refractivity contribution in [2.45, 2.75) is 16.7 Å². The largest absolute Gasteiger partial charge is 0.496 e. The van der Waals surface area contributed by atoms with Gasteiger partial charge in [0.05, 0.1) is 24.8 Å². The number of hydrogen-bond acceptors (Lipinski definition) is 6. The lowest BCUT2D eigenvalue weighted by atomic mass is 10.2. The zero-order valence-corrected chi connectivity index (χ0v) is 17.8. The Balaban J connectivity index is 1.98. The number of methoxy groups -OCH3 is 1. The SMILES string of the molecule is COc1ccc(S(=O)(=O)N(C)CC(=O)NN=Cc2ccc(SC)cc2)cc1C. The van der Waals surface area contributed by atoms with E-state index in [-0.39, 0.29) is 11.4 Å².